The molecule has 3 rings (SSSR count). The van der Waals surface area contributed by atoms with E-state index in [1.165, 1.54) is 6.07 Å². The fourth-order valence-corrected chi connectivity index (χ4v) is 2.24. The van der Waals surface area contributed by atoms with Gasteiger partial charge >= 0.3 is 11.9 Å². The Balaban J connectivity index is 2.10. The first-order chi connectivity index (χ1) is 11.9. The first-order valence-corrected chi connectivity index (χ1v) is 7.11. The number of benzene rings is 1. The van der Waals surface area contributed by atoms with Gasteiger partial charge in [0, 0.05) is 6.61 Å². The zero-order valence-electron chi connectivity index (χ0n) is 12.5. The summed E-state index contributed by atoms with van der Waals surface area (Å²) < 4.78 is 48.7. The number of aryl methyl sites for hydroxylation is 1. The number of aliphatic hydroxyl groups is 1. The predicted octanol–water partition coefficient (Wildman–Crippen LogP) is 1.82. The maximum atomic E-state index is 12.9. The molecule has 0 saturated carbocycles. The largest absolute Gasteiger partial charge is 0.446 e. The average Bonchev–Trinajstić information content (AvgIpc) is 3.18. The van der Waals surface area contributed by atoms with E-state index in [0.717, 1.165) is 22.8 Å². The summed E-state index contributed by atoms with van der Waals surface area (Å²) in [6, 6.07) is 4.14. The van der Waals surface area contributed by atoms with Crippen LogP contribution in [0.4, 0.5) is 13.2 Å². The van der Waals surface area contributed by atoms with E-state index in [2.05, 4.69) is 24.6 Å². The lowest BCUT2D eigenvalue weighted by Crippen LogP contribution is -2.15. The molecule has 0 unspecified atom stereocenters. The minimum absolute atomic E-state index is 0.0525. The maximum absolute atomic E-state index is 12.9. The van der Waals surface area contributed by atoms with Crippen LogP contribution in [0.2, 0.25) is 0 Å². The van der Waals surface area contributed by atoms with Crippen LogP contribution in [0.5, 0.6) is 0 Å². The number of halogens is 3. The van der Waals surface area contributed by atoms with Crippen molar-refractivity contribution in [1.29, 1.82) is 0 Å². The molecule has 0 atom stereocenters. The Hall–Kier alpha value is -2.95. The Bertz CT molecular complexity index is 929. The third-order valence-electron chi connectivity index (χ3n) is 3.38. The summed E-state index contributed by atoms with van der Waals surface area (Å²) in [5.41, 5.74) is -0.671. The van der Waals surface area contributed by atoms with Crippen molar-refractivity contribution >= 4 is 0 Å². The quantitative estimate of drug-likeness (QED) is 0.743. The monoisotopic (exact) mass is 356 g/mol. The van der Waals surface area contributed by atoms with Crippen molar-refractivity contribution in [2.24, 2.45) is 0 Å². The van der Waals surface area contributed by atoms with Gasteiger partial charge in [-0.15, -0.1) is 0 Å². The minimum Gasteiger partial charge on any atom is -0.396 e. The molecule has 0 bridgehead atoms. The molecule has 0 aliphatic heterocycles. The van der Waals surface area contributed by atoms with E-state index in [4.69, 9.17) is 5.11 Å². The van der Waals surface area contributed by atoms with E-state index < -0.39 is 17.5 Å². The number of hydrogen-bond donors (Lipinski definition) is 1. The second kappa shape index (κ2) is 6.51. The van der Waals surface area contributed by atoms with Gasteiger partial charge in [0.1, 0.15) is 5.69 Å². The molecule has 0 radical (unpaired) electrons. The molecule has 2 heterocycles. The van der Waals surface area contributed by atoms with Crippen LogP contribution < -0.4 is 5.76 Å². The van der Waals surface area contributed by atoms with E-state index in [1.807, 2.05) is 0 Å². The Morgan fingerprint density at radius 3 is 2.72 bits per heavy atom. The third kappa shape index (κ3) is 3.31. The van der Waals surface area contributed by atoms with E-state index in [1.54, 1.807) is 0 Å². The van der Waals surface area contributed by atoms with Crippen LogP contribution in [0.3, 0.4) is 0 Å². The van der Waals surface area contributed by atoms with Crippen LogP contribution in [0.1, 0.15) is 17.7 Å². The van der Waals surface area contributed by atoms with Crippen molar-refractivity contribution in [2.75, 3.05) is 6.61 Å². The van der Waals surface area contributed by atoms with Gasteiger partial charge in [-0.1, -0.05) is 16.4 Å². The zero-order chi connectivity index (χ0) is 18.0. The lowest BCUT2D eigenvalue weighted by atomic mass is 10.1. The lowest BCUT2D eigenvalue weighted by Gasteiger charge is -2.09. The second-order valence-corrected chi connectivity index (χ2v) is 5.04. The first kappa shape index (κ1) is 16.9. The molecule has 2 aromatic heterocycles. The molecule has 132 valence electrons. The Labute approximate surface area is 137 Å². The number of rotatable bonds is 5. The predicted molar refractivity (Wildman–Crippen MR) is 75.8 cm³/mol. The summed E-state index contributed by atoms with van der Waals surface area (Å²) in [7, 11) is 0. The maximum Gasteiger partial charge on any atom is 0.446 e. The molecular formula is C14H11F3N4O4. The van der Waals surface area contributed by atoms with Crippen molar-refractivity contribution < 1.29 is 27.4 Å². The van der Waals surface area contributed by atoms with Crippen LogP contribution in [0.15, 0.2) is 38.2 Å². The number of aromatic nitrogens is 4. The molecule has 25 heavy (non-hydrogen) atoms. The Morgan fingerprint density at radius 2 is 2.00 bits per heavy atom. The summed E-state index contributed by atoms with van der Waals surface area (Å²) in [4.78, 5) is 12.0. The van der Waals surface area contributed by atoms with E-state index in [0.29, 0.717) is 12.1 Å². The van der Waals surface area contributed by atoms with Crippen LogP contribution in [0, 0.1) is 0 Å². The van der Waals surface area contributed by atoms with Gasteiger partial charge in [-0.25, -0.2) is 14.0 Å². The van der Waals surface area contributed by atoms with Gasteiger partial charge < -0.3 is 5.11 Å². The van der Waals surface area contributed by atoms with Gasteiger partial charge in [-0.3, -0.25) is 4.52 Å². The highest BCUT2D eigenvalue weighted by molar-refractivity contribution is 5.55. The summed E-state index contributed by atoms with van der Waals surface area (Å²) in [6.07, 6.45) is -3.94. The number of hydrogen-bond acceptors (Lipinski definition) is 7. The minimum atomic E-state index is -4.57. The summed E-state index contributed by atoms with van der Waals surface area (Å²) >= 11 is 0. The normalized spacial score (nSPS) is 11.8. The van der Waals surface area contributed by atoms with E-state index >= 15 is 0 Å². The molecule has 0 aliphatic rings. The average molecular weight is 356 g/mol. The Morgan fingerprint density at radius 1 is 1.20 bits per heavy atom. The van der Waals surface area contributed by atoms with Crippen molar-refractivity contribution in [3.63, 3.8) is 0 Å². The molecule has 0 saturated heterocycles. The zero-order valence-corrected chi connectivity index (χ0v) is 12.5. The van der Waals surface area contributed by atoms with Gasteiger partial charge in [-0.05, 0) is 36.2 Å². The first-order valence-electron chi connectivity index (χ1n) is 7.11. The highest BCUT2D eigenvalue weighted by Gasteiger charge is 2.31. The molecule has 1 aromatic carbocycles. The van der Waals surface area contributed by atoms with Crippen LogP contribution in [-0.4, -0.2) is 31.8 Å². The number of aliphatic hydroxyl groups excluding tert-OH is 1. The van der Waals surface area contributed by atoms with Crippen molar-refractivity contribution in [3.05, 3.63) is 46.1 Å². The summed E-state index contributed by atoms with van der Waals surface area (Å²) in [6.45, 7) is -0.106. The van der Waals surface area contributed by atoms with Gasteiger partial charge in [0.15, 0.2) is 5.69 Å². The summed E-state index contributed by atoms with van der Waals surface area (Å²) in [5.74, 6) is -1.12. The van der Waals surface area contributed by atoms with Gasteiger partial charge in [0.05, 0.1) is 11.3 Å². The summed E-state index contributed by atoms with van der Waals surface area (Å²) in [5, 5.41) is 19.8. The third-order valence-corrected chi connectivity index (χ3v) is 3.38. The number of alkyl halides is 3. The van der Waals surface area contributed by atoms with E-state index in [9.17, 15) is 18.0 Å². The van der Waals surface area contributed by atoms with Crippen LogP contribution >= 0.6 is 0 Å². The lowest BCUT2D eigenvalue weighted by molar-refractivity contribution is -0.137. The van der Waals surface area contributed by atoms with Crippen molar-refractivity contribution in [1.82, 2.24) is 20.0 Å². The van der Waals surface area contributed by atoms with Crippen LogP contribution in [0.25, 0.3) is 17.2 Å². The van der Waals surface area contributed by atoms with Crippen molar-refractivity contribution in [3.8, 4) is 17.2 Å². The highest BCUT2D eigenvalue weighted by Crippen LogP contribution is 2.31. The van der Waals surface area contributed by atoms with Crippen LogP contribution in [-0.2, 0) is 12.6 Å². The molecule has 3 aromatic rings. The second-order valence-electron chi connectivity index (χ2n) is 5.04. The molecule has 8 nitrogen and oxygen atoms in total. The molecule has 0 fully saturated rings. The fraction of sp³-hybridized carbons (Fsp3) is 0.286. The SMILES string of the molecule is O=c1onc(-c2nonc2CCCO)n1-c1cccc(C(F)(F)F)c1. The smallest absolute Gasteiger partial charge is 0.396 e. The molecule has 0 spiro atoms. The highest BCUT2D eigenvalue weighted by atomic mass is 19.4. The van der Waals surface area contributed by atoms with Crippen molar-refractivity contribution in [2.45, 2.75) is 19.0 Å². The van der Waals surface area contributed by atoms with Gasteiger partial charge in [-0.2, -0.15) is 13.2 Å². The van der Waals surface area contributed by atoms with Gasteiger partial charge in [0.25, 0.3) is 0 Å². The molecule has 11 heteroatoms. The molecule has 0 amide bonds. The molecular weight excluding hydrogens is 345 g/mol. The number of nitrogens with zero attached hydrogens (tertiary/aromatic N) is 4. The topological polar surface area (TPSA) is 107 Å². The van der Waals surface area contributed by atoms with Gasteiger partial charge in [0.2, 0.25) is 5.82 Å². The molecule has 1 N–H and O–H groups in total. The molecule has 0 aliphatic carbocycles. The standard InChI is InChI=1S/C14H11F3N4O4/c15-14(16,17)8-3-1-4-9(7-8)21-12(20-24-13(21)23)11-10(5-2-6-22)18-25-19-11/h1,3-4,7,22H,2,5-6H2. The van der Waals surface area contributed by atoms with E-state index in [-0.39, 0.29) is 30.2 Å². The Kier molecular flexibility index (Phi) is 4.40. The fourth-order valence-electron chi connectivity index (χ4n) is 2.24.